The van der Waals surface area contributed by atoms with Crippen LogP contribution in [0.3, 0.4) is 0 Å². The minimum atomic E-state index is -4.00. The summed E-state index contributed by atoms with van der Waals surface area (Å²) in [5.41, 5.74) is 1.37. The highest BCUT2D eigenvalue weighted by Crippen LogP contribution is 2.36. The van der Waals surface area contributed by atoms with E-state index >= 15 is 0 Å². The van der Waals surface area contributed by atoms with E-state index in [-0.39, 0.29) is 40.9 Å². The summed E-state index contributed by atoms with van der Waals surface area (Å²) in [4.78, 5) is -0.119. The molecule has 0 aromatic heterocycles. The number of piperazine rings is 1. The van der Waals surface area contributed by atoms with E-state index in [1.165, 1.54) is 35.0 Å². The molecule has 2 aromatic carbocycles. The maximum atomic E-state index is 13.4. The second-order valence-electron chi connectivity index (χ2n) is 7.83. The number of sulfonamides is 2. The number of hydrogen-bond acceptors (Lipinski definition) is 6. The van der Waals surface area contributed by atoms with Gasteiger partial charge in [-0.3, -0.25) is 0 Å². The fourth-order valence-corrected chi connectivity index (χ4v) is 7.65. The number of methoxy groups -OCH3 is 2. The lowest BCUT2D eigenvalue weighted by atomic mass is 10.2. The highest BCUT2D eigenvalue weighted by molar-refractivity contribution is 7.89. The quantitative estimate of drug-likeness (QED) is 0.558. The van der Waals surface area contributed by atoms with Crippen molar-refractivity contribution >= 4 is 43.2 Å². The van der Waals surface area contributed by atoms with Gasteiger partial charge in [-0.1, -0.05) is 23.2 Å². The van der Waals surface area contributed by atoms with Gasteiger partial charge in [-0.05, 0) is 56.2 Å². The van der Waals surface area contributed by atoms with Crippen LogP contribution in [-0.2, 0) is 20.0 Å². The van der Waals surface area contributed by atoms with E-state index in [4.69, 9.17) is 32.7 Å². The summed E-state index contributed by atoms with van der Waals surface area (Å²) >= 11 is 12.3. The Morgan fingerprint density at radius 3 is 1.70 bits per heavy atom. The summed E-state index contributed by atoms with van der Waals surface area (Å²) in [6.07, 6.45) is 0. The maximum Gasteiger partial charge on any atom is 0.247 e. The summed E-state index contributed by atoms with van der Waals surface area (Å²) in [5, 5.41) is 0.596. The minimum Gasteiger partial charge on any atom is -0.495 e. The zero-order valence-electron chi connectivity index (χ0n) is 18.9. The average Bonchev–Trinajstić information content (AvgIpc) is 2.76. The van der Waals surface area contributed by atoms with E-state index in [0.717, 1.165) is 0 Å². The number of hydrogen-bond donors (Lipinski definition) is 0. The van der Waals surface area contributed by atoms with Crippen molar-refractivity contribution in [3.8, 4) is 11.5 Å². The molecule has 3 rings (SSSR count). The average molecular weight is 537 g/mol. The van der Waals surface area contributed by atoms with Crippen LogP contribution in [0.15, 0.2) is 34.1 Å². The molecule has 1 aliphatic rings. The Labute approximate surface area is 205 Å². The fraction of sp³-hybridized carbons (Fsp3) is 0.429. The first-order chi connectivity index (χ1) is 15.3. The molecular formula is C21H26Cl2N2O6S2. The van der Waals surface area contributed by atoms with Crippen LogP contribution in [0.1, 0.15) is 18.1 Å². The fourth-order valence-electron chi connectivity index (χ4n) is 3.74. The number of benzene rings is 2. The molecule has 33 heavy (non-hydrogen) atoms. The summed E-state index contributed by atoms with van der Waals surface area (Å²) in [6, 6.07) is 5.20. The number of ether oxygens (including phenoxy) is 2. The monoisotopic (exact) mass is 536 g/mol. The van der Waals surface area contributed by atoms with E-state index in [2.05, 4.69) is 0 Å². The minimum absolute atomic E-state index is 0.0392. The molecule has 0 radical (unpaired) electrons. The molecule has 8 nitrogen and oxygen atoms in total. The van der Waals surface area contributed by atoms with Crippen LogP contribution in [0.4, 0.5) is 0 Å². The highest BCUT2D eigenvalue weighted by Gasteiger charge is 2.40. The Hall–Kier alpha value is -1.56. The van der Waals surface area contributed by atoms with Gasteiger partial charge in [-0.2, -0.15) is 8.61 Å². The van der Waals surface area contributed by atoms with E-state index in [1.54, 1.807) is 32.9 Å². The SMILES string of the molecule is COc1cc(C)c(Cl)cc1S(=O)(=O)N1CCN(S(=O)(=O)c2cc(Cl)c(C)cc2OC)[C@H](C)C1. The summed E-state index contributed by atoms with van der Waals surface area (Å²) < 4.78 is 66.6. The Bertz CT molecular complexity index is 1280. The van der Waals surface area contributed by atoms with Gasteiger partial charge in [0.05, 0.1) is 14.2 Å². The first-order valence-electron chi connectivity index (χ1n) is 10.0. The van der Waals surface area contributed by atoms with Crippen molar-refractivity contribution in [3.63, 3.8) is 0 Å². The third-order valence-electron chi connectivity index (χ3n) is 5.62. The van der Waals surface area contributed by atoms with Crippen molar-refractivity contribution in [2.45, 2.75) is 36.6 Å². The Kier molecular flexibility index (Phi) is 7.57. The van der Waals surface area contributed by atoms with Crippen molar-refractivity contribution in [2.75, 3.05) is 33.9 Å². The lowest BCUT2D eigenvalue weighted by Crippen LogP contribution is -2.55. The summed E-state index contributed by atoms with van der Waals surface area (Å²) in [5.74, 6) is 0.358. The van der Waals surface area contributed by atoms with Crippen LogP contribution in [0.2, 0.25) is 10.0 Å². The number of nitrogens with zero attached hydrogens (tertiary/aromatic N) is 2. The Balaban J connectivity index is 1.93. The molecule has 0 aliphatic carbocycles. The van der Waals surface area contributed by atoms with Gasteiger partial charge < -0.3 is 9.47 Å². The van der Waals surface area contributed by atoms with Gasteiger partial charge in [-0.25, -0.2) is 16.8 Å². The normalized spacial score (nSPS) is 18.3. The Morgan fingerprint density at radius 1 is 0.818 bits per heavy atom. The molecule has 0 unspecified atom stereocenters. The third-order valence-corrected chi connectivity index (χ3v) is 10.4. The first kappa shape index (κ1) is 26.1. The molecule has 0 amide bonds. The molecular weight excluding hydrogens is 511 g/mol. The van der Waals surface area contributed by atoms with Gasteiger partial charge in [-0.15, -0.1) is 0 Å². The highest BCUT2D eigenvalue weighted by atomic mass is 35.5. The molecule has 1 atom stereocenters. The molecule has 0 saturated carbocycles. The third kappa shape index (κ3) is 4.82. The largest absolute Gasteiger partial charge is 0.495 e. The lowest BCUT2D eigenvalue weighted by molar-refractivity contribution is 0.212. The van der Waals surface area contributed by atoms with Gasteiger partial charge in [0.25, 0.3) is 0 Å². The van der Waals surface area contributed by atoms with Gasteiger partial charge >= 0.3 is 0 Å². The molecule has 1 saturated heterocycles. The van der Waals surface area contributed by atoms with Gasteiger partial charge in [0, 0.05) is 35.7 Å². The number of rotatable bonds is 6. The van der Waals surface area contributed by atoms with E-state index < -0.39 is 26.1 Å². The zero-order chi connectivity index (χ0) is 24.7. The maximum absolute atomic E-state index is 13.4. The van der Waals surface area contributed by atoms with Crippen molar-refractivity contribution in [2.24, 2.45) is 0 Å². The van der Waals surface area contributed by atoms with Crippen LogP contribution in [-0.4, -0.2) is 65.3 Å². The predicted molar refractivity (Wildman–Crippen MR) is 128 cm³/mol. The van der Waals surface area contributed by atoms with E-state index in [9.17, 15) is 16.8 Å². The van der Waals surface area contributed by atoms with Crippen molar-refractivity contribution in [1.29, 1.82) is 0 Å². The van der Waals surface area contributed by atoms with E-state index in [0.29, 0.717) is 21.2 Å². The zero-order valence-corrected chi connectivity index (χ0v) is 22.1. The summed E-state index contributed by atoms with van der Waals surface area (Å²) in [7, 11) is -5.21. The van der Waals surface area contributed by atoms with Crippen LogP contribution in [0.5, 0.6) is 11.5 Å². The molecule has 1 heterocycles. The molecule has 0 bridgehead atoms. The molecule has 12 heteroatoms. The molecule has 182 valence electrons. The van der Waals surface area contributed by atoms with Gasteiger partial charge in [0.1, 0.15) is 21.3 Å². The molecule has 0 spiro atoms. The van der Waals surface area contributed by atoms with Crippen molar-refractivity contribution in [1.82, 2.24) is 8.61 Å². The standard InChI is InChI=1S/C21H26Cl2N2O6S2/c1-13-8-18(30-4)20(10-16(13)22)32(26,27)24-6-7-25(15(3)12-24)33(28,29)21-11-17(23)14(2)9-19(21)31-5/h8-11,15H,6-7,12H2,1-5H3/t15-/m1/s1. The van der Waals surface area contributed by atoms with Crippen LogP contribution in [0.25, 0.3) is 0 Å². The van der Waals surface area contributed by atoms with Crippen LogP contribution >= 0.6 is 23.2 Å². The first-order valence-corrected chi connectivity index (χ1v) is 13.7. The lowest BCUT2D eigenvalue weighted by Gasteiger charge is -2.38. The smallest absolute Gasteiger partial charge is 0.247 e. The molecule has 0 N–H and O–H groups in total. The Morgan fingerprint density at radius 2 is 1.27 bits per heavy atom. The van der Waals surface area contributed by atoms with Crippen LogP contribution < -0.4 is 9.47 Å². The molecule has 2 aromatic rings. The molecule has 1 fully saturated rings. The van der Waals surface area contributed by atoms with Crippen LogP contribution in [0, 0.1) is 13.8 Å². The summed E-state index contributed by atoms with van der Waals surface area (Å²) in [6.45, 7) is 5.03. The topological polar surface area (TPSA) is 93.2 Å². The van der Waals surface area contributed by atoms with Crippen molar-refractivity contribution < 1.29 is 26.3 Å². The number of aryl methyl sites for hydroxylation is 2. The molecule has 1 aliphatic heterocycles. The predicted octanol–water partition coefficient (Wildman–Crippen LogP) is 3.71. The van der Waals surface area contributed by atoms with Crippen molar-refractivity contribution in [3.05, 3.63) is 45.4 Å². The number of halogens is 2. The van der Waals surface area contributed by atoms with Gasteiger partial charge in [0.15, 0.2) is 0 Å². The second kappa shape index (κ2) is 9.59. The van der Waals surface area contributed by atoms with Gasteiger partial charge in [0.2, 0.25) is 20.0 Å². The van der Waals surface area contributed by atoms with E-state index in [1.807, 2.05) is 0 Å². The second-order valence-corrected chi connectivity index (χ2v) is 12.4.